The van der Waals surface area contributed by atoms with Crippen LogP contribution in [0.5, 0.6) is 0 Å². The summed E-state index contributed by atoms with van der Waals surface area (Å²) in [6.07, 6.45) is 0. The predicted molar refractivity (Wildman–Crippen MR) is 84.2 cm³/mol. The lowest BCUT2D eigenvalue weighted by molar-refractivity contribution is 0.141. The van der Waals surface area contributed by atoms with Gasteiger partial charge in [-0.1, -0.05) is 39.8 Å². The van der Waals surface area contributed by atoms with Crippen molar-refractivity contribution in [3.63, 3.8) is 0 Å². The Hall–Kier alpha value is -1.02. The zero-order valence-corrected chi connectivity index (χ0v) is 13.3. The highest BCUT2D eigenvalue weighted by atomic mass is 16.5. The second kappa shape index (κ2) is 7.54. The molecular weight excluding hydrogens is 234 g/mol. The Balaban J connectivity index is 2.87. The van der Waals surface area contributed by atoms with Gasteiger partial charge in [-0.05, 0) is 42.9 Å². The molecule has 0 heterocycles. The summed E-state index contributed by atoms with van der Waals surface area (Å²) in [5.74, 6) is 1.10. The SMILES string of the molecule is CCOCC(C)Nc1ccc(C(C)C)cc1C(C)C. The third-order valence-electron chi connectivity index (χ3n) is 3.34. The molecule has 0 aromatic heterocycles. The zero-order valence-electron chi connectivity index (χ0n) is 13.3. The molecule has 1 aromatic rings. The first-order chi connectivity index (χ1) is 8.95. The number of ether oxygens (including phenoxy) is 1. The maximum Gasteiger partial charge on any atom is 0.0664 e. The molecular formula is C17H29NO. The Labute approximate surface area is 118 Å². The molecule has 0 saturated heterocycles. The number of benzene rings is 1. The van der Waals surface area contributed by atoms with E-state index in [4.69, 9.17) is 4.74 Å². The fourth-order valence-corrected chi connectivity index (χ4v) is 2.15. The maximum absolute atomic E-state index is 5.47. The first-order valence-corrected chi connectivity index (χ1v) is 7.43. The molecule has 1 unspecified atom stereocenters. The Morgan fingerprint density at radius 3 is 2.26 bits per heavy atom. The van der Waals surface area contributed by atoms with E-state index >= 15 is 0 Å². The summed E-state index contributed by atoms with van der Waals surface area (Å²) in [5.41, 5.74) is 4.05. The Kier molecular flexibility index (Phi) is 6.36. The van der Waals surface area contributed by atoms with E-state index in [1.807, 2.05) is 6.92 Å². The summed E-state index contributed by atoms with van der Waals surface area (Å²) in [5, 5.41) is 3.57. The maximum atomic E-state index is 5.47. The molecule has 19 heavy (non-hydrogen) atoms. The summed E-state index contributed by atoms with van der Waals surface area (Å²) in [6.45, 7) is 14.7. The van der Waals surface area contributed by atoms with Crippen molar-refractivity contribution in [1.82, 2.24) is 0 Å². The highest BCUT2D eigenvalue weighted by Crippen LogP contribution is 2.28. The molecule has 0 saturated carbocycles. The number of rotatable bonds is 7. The molecule has 0 aliphatic rings. The van der Waals surface area contributed by atoms with Gasteiger partial charge in [0.2, 0.25) is 0 Å². The van der Waals surface area contributed by atoms with Gasteiger partial charge in [0, 0.05) is 18.3 Å². The molecule has 2 heteroatoms. The summed E-state index contributed by atoms with van der Waals surface area (Å²) in [4.78, 5) is 0. The van der Waals surface area contributed by atoms with E-state index in [0.29, 0.717) is 17.9 Å². The van der Waals surface area contributed by atoms with E-state index in [2.05, 4.69) is 58.1 Å². The third-order valence-corrected chi connectivity index (χ3v) is 3.34. The van der Waals surface area contributed by atoms with Gasteiger partial charge < -0.3 is 10.1 Å². The van der Waals surface area contributed by atoms with Crippen LogP contribution in [0.1, 0.15) is 64.5 Å². The van der Waals surface area contributed by atoms with E-state index in [0.717, 1.165) is 13.2 Å². The fourth-order valence-electron chi connectivity index (χ4n) is 2.15. The van der Waals surface area contributed by atoms with Crippen molar-refractivity contribution in [2.24, 2.45) is 0 Å². The lowest BCUT2D eigenvalue weighted by Gasteiger charge is -2.21. The number of anilines is 1. The van der Waals surface area contributed by atoms with Crippen molar-refractivity contribution in [3.05, 3.63) is 29.3 Å². The lowest BCUT2D eigenvalue weighted by atomic mass is 9.94. The van der Waals surface area contributed by atoms with Crippen LogP contribution in [0.15, 0.2) is 18.2 Å². The van der Waals surface area contributed by atoms with Gasteiger partial charge in [0.05, 0.1) is 6.61 Å². The van der Waals surface area contributed by atoms with Gasteiger partial charge in [-0.3, -0.25) is 0 Å². The van der Waals surface area contributed by atoms with Crippen molar-refractivity contribution in [2.45, 2.75) is 59.4 Å². The zero-order chi connectivity index (χ0) is 14.4. The lowest BCUT2D eigenvalue weighted by Crippen LogP contribution is -2.22. The highest BCUT2D eigenvalue weighted by molar-refractivity contribution is 5.55. The van der Waals surface area contributed by atoms with Crippen LogP contribution in [0.4, 0.5) is 5.69 Å². The average molecular weight is 263 g/mol. The minimum atomic E-state index is 0.336. The largest absolute Gasteiger partial charge is 0.380 e. The molecule has 0 bridgehead atoms. The molecule has 0 spiro atoms. The summed E-state index contributed by atoms with van der Waals surface area (Å²) >= 11 is 0. The summed E-state index contributed by atoms with van der Waals surface area (Å²) in [7, 11) is 0. The van der Waals surface area contributed by atoms with Crippen LogP contribution in [-0.2, 0) is 4.74 Å². The van der Waals surface area contributed by atoms with E-state index < -0.39 is 0 Å². The van der Waals surface area contributed by atoms with E-state index in [1.54, 1.807) is 0 Å². The molecule has 2 nitrogen and oxygen atoms in total. The predicted octanol–water partition coefficient (Wildman–Crippen LogP) is 4.77. The molecule has 1 aromatic carbocycles. The van der Waals surface area contributed by atoms with Crippen molar-refractivity contribution >= 4 is 5.69 Å². The van der Waals surface area contributed by atoms with E-state index in [-0.39, 0.29) is 0 Å². The normalized spacial score (nSPS) is 13.1. The topological polar surface area (TPSA) is 21.3 Å². The van der Waals surface area contributed by atoms with Crippen LogP contribution in [0.2, 0.25) is 0 Å². The van der Waals surface area contributed by atoms with Crippen LogP contribution in [0.25, 0.3) is 0 Å². The molecule has 0 fully saturated rings. The Morgan fingerprint density at radius 1 is 1.05 bits per heavy atom. The van der Waals surface area contributed by atoms with Gasteiger partial charge in [0.25, 0.3) is 0 Å². The third kappa shape index (κ3) is 4.87. The monoisotopic (exact) mass is 263 g/mol. The minimum absolute atomic E-state index is 0.336. The first-order valence-electron chi connectivity index (χ1n) is 7.43. The molecule has 0 aliphatic carbocycles. The molecule has 1 atom stereocenters. The van der Waals surface area contributed by atoms with Crippen LogP contribution in [-0.4, -0.2) is 19.3 Å². The fraction of sp³-hybridized carbons (Fsp3) is 0.647. The molecule has 1 rings (SSSR count). The van der Waals surface area contributed by atoms with E-state index in [1.165, 1.54) is 16.8 Å². The highest BCUT2D eigenvalue weighted by Gasteiger charge is 2.11. The van der Waals surface area contributed by atoms with Gasteiger partial charge in [0.1, 0.15) is 0 Å². The molecule has 0 amide bonds. The molecule has 108 valence electrons. The van der Waals surface area contributed by atoms with Gasteiger partial charge in [-0.25, -0.2) is 0 Å². The molecule has 1 N–H and O–H groups in total. The van der Waals surface area contributed by atoms with Gasteiger partial charge in [-0.2, -0.15) is 0 Å². The smallest absolute Gasteiger partial charge is 0.0664 e. The number of hydrogen-bond donors (Lipinski definition) is 1. The minimum Gasteiger partial charge on any atom is -0.380 e. The summed E-state index contributed by atoms with van der Waals surface area (Å²) in [6, 6.07) is 7.12. The van der Waals surface area contributed by atoms with Crippen molar-refractivity contribution < 1.29 is 4.74 Å². The van der Waals surface area contributed by atoms with Crippen LogP contribution in [0.3, 0.4) is 0 Å². The van der Waals surface area contributed by atoms with Gasteiger partial charge >= 0.3 is 0 Å². The number of nitrogens with one attached hydrogen (secondary N) is 1. The van der Waals surface area contributed by atoms with Gasteiger partial charge in [-0.15, -0.1) is 0 Å². The number of hydrogen-bond acceptors (Lipinski definition) is 2. The van der Waals surface area contributed by atoms with Crippen molar-refractivity contribution in [3.8, 4) is 0 Å². The first kappa shape index (κ1) is 16.0. The van der Waals surface area contributed by atoms with Crippen molar-refractivity contribution in [1.29, 1.82) is 0 Å². The Morgan fingerprint density at radius 2 is 1.74 bits per heavy atom. The molecule has 0 radical (unpaired) electrons. The second-order valence-corrected chi connectivity index (χ2v) is 5.86. The summed E-state index contributed by atoms with van der Waals surface area (Å²) < 4.78 is 5.47. The van der Waals surface area contributed by atoms with Gasteiger partial charge in [0.15, 0.2) is 0 Å². The van der Waals surface area contributed by atoms with E-state index in [9.17, 15) is 0 Å². The van der Waals surface area contributed by atoms with Crippen molar-refractivity contribution in [2.75, 3.05) is 18.5 Å². The van der Waals surface area contributed by atoms with Crippen LogP contribution in [0, 0.1) is 0 Å². The second-order valence-electron chi connectivity index (χ2n) is 5.86. The standard InChI is InChI=1S/C17H29NO/c1-7-19-11-14(6)18-17-9-8-15(12(2)3)10-16(17)13(4)5/h8-10,12-14,18H,7,11H2,1-6H3. The van der Waals surface area contributed by atoms with Crippen LogP contribution >= 0.6 is 0 Å². The quantitative estimate of drug-likeness (QED) is 0.765. The molecule has 0 aliphatic heterocycles. The average Bonchev–Trinajstić information content (AvgIpc) is 2.36. The van der Waals surface area contributed by atoms with Crippen LogP contribution < -0.4 is 5.32 Å². The Bertz CT molecular complexity index is 385.